The number of pyridine rings is 2. The van der Waals surface area contributed by atoms with Gasteiger partial charge in [0.05, 0.1) is 11.2 Å². The lowest BCUT2D eigenvalue weighted by Crippen LogP contribution is -2.14. The number of amides is 1. The highest BCUT2D eigenvalue weighted by Gasteiger charge is 2.10. The minimum absolute atomic E-state index is 0.188. The molecule has 0 aliphatic carbocycles. The van der Waals surface area contributed by atoms with Crippen molar-refractivity contribution in [1.82, 2.24) is 9.97 Å². The van der Waals surface area contributed by atoms with Gasteiger partial charge in [-0.1, -0.05) is 48.5 Å². The molecule has 28 heavy (non-hydrogen) atoms. The Labute approximate surface area is 163 Å². The molecule has 0 unspecified atom stereocenters. The van der Waals surface area contributed by atoms with Gasteiger partial charge in [-0.3, -0.25) is 9.78 Å². The number of carbonyl (C=O) groups is 1. The summed E-state index contributed by atoms with van der Waals surface area (Å²) in [7, 11) is 0. The molecular weight excluding hydrogens is 348 g/mol. The SMILES string of the molecule is O=C(Nc1cccc2cccnc12)c1ccnc(NCCc2ccccc2)c1. The largest absolute Gasteiger partial charge is 0.370 e. The first kappa shape index (κ1) is 17.7. The highest BCUT2D eigenvalue weighted by molar-refractivity contribution is 6.08. The Morgan fingerprint density at radius 1 is 0.857 bits per heavy atom. The molecule has 2 aromatic carbocycles. The molecule has 138 valence electrons. The zero-order chi connectivity index (χ0) is 19.2. The average Bonchev–Trinajstić information content (AvgIpc) is 2.75. The maximum atomic E-state index is 12.7. The van der Waals surface area contributed by atoms with Gasteiger partial charge in [-0.15, -0.1) is 0 Å². The van der Waals surface area contributed by atoms with Gasteiger partial charge < -0.3 is 10.6 Å². The Balaban J connectivity index is 1.44. The third-order valence-electron chi connectivity index (χ3n) is 4.47. The second kappa shape index (κ2) is 8.31. The topological polar surface area (TPSA) is 66.9 Å². The Bertz CT molecular complexity index is 1090. The van der Waals surface area contributed by atoms with Gasteiger partial charge >= 0.3 is 0 Å². The minimum Gasteiger partial charge on any atom is -0.370 e. The molecule has 0 aliphatic heterocycles. The summed E-state index contributed by atoms with van der Waals surface area (Å²) in [6, 6.07) is 23.3. The number of rotatable bonds is 6. The van der Waals surface area contributed by atoms with Crippen molar-refractivity contribution in [3.05, 3.63) is 96.3 Å². The van der Waals surface area contributed by atoms with Crippen LogP contribution in [0.5, 0.6) is 0 Å². The van der Waals surface area contributed by atoms with E-state index >= 15 is 0 Å². The molecule has 4 rings (SSSR count). The molecule has 2 N–H and O–H groups in total. The Morgan fingerprint density at radius 2 is 1.71 bits per heavy atom. The molecular formula is C23H20N4O. The second-order valence-electron chi connectivity index (χ2n) is 6.43. The van der Waals surface area contributed by atoms with Crippen molar-refractivity contribution in [1.29, 1.82) is 0 Å². The number of hydrogen-bond acceptors (Lipinski definition) is 4. The zero-order valence-electron chi connectivity index (χ0n) is 15.3. The number of hydrogen-bond donors (Lipinski definition) is 2. The van der Waals surface area contributed by atoms with Crippen LogP contribution in [-0.4, -0.2) is 22.4 Å². The Kier molecular flexibility index (Phi) is 5.24. The number of para-hydroxylation sites is 1. The first-order valence-electron chi connectivity index (χ1n) is 9.18. The van der Waals surface area contributed by atoms with Gasteiger partial charge in [0.2, 0.25) is 0 Å². The van der Waals surface area contributed by atoms with E-state index in [-0.39, 0.29) is 5.91 Å². The molecule has 2 heterocycles. The zero-order valence-corrected chi connectivity index (χ0v) is 15.3. The summed E-state index contributed by atoms with van der Waals surface area (Å²) >= 11 is 0. The number of carbonyl (C=O) groups excluding carboxylic acids is 1. The summed E-state index contributed by atoms with van der Waals surface area (Å²) in [5, 5.41) is 7.22. The predicted molar refractivity (Wildman–Crippen MR) is 113 cm³/mol. The van der Waals surface area contributed by atoms with Gasteiger partial charge in [0.15, 0.2) is 0 Å². The van der Waals surface area contributed by atoms with E-state index < -0.39 is 0 Å². The lowest BCUT2D eigenvalue weighted by atomic mass is 10.1. The fraction of sp³-hybridized carbons (Fsp3) is 0.0870. The van der Waals surface area contributed by atoms with Crippen LogP contribution >= 0.6 is 0 Å². The smallest absolute Gasteiger partial charge is 0.255 e. The van der Waals surface area contributed by atoms with Crippen LogP contribution < -0.4 is 10.6 Å². The highest BCUT2D eigenvalue weighted by atomic mass is 16.1. The standard InChI is InChI=1S/C23H20N4O/c28-23(27-20-10-4-8-18-9-5-13-26-22(18)20)19-12-15-25-21(16-19)24-14-11-17-6-2-1-3-7-17/h1-10,12-13,15-16H,11,14H2,(H,24,25)(H,27,28). The molecule has 0 atom stereocenters. The maximum Gasteiger partial charge on any atom is 0.255 e. The van der Waals surface area contributed by atoms with Crippen molar-refractivity contribution in [2.75, 3.05) is 17.2 Å². The summed E-state index contributed by atoms with van der Waals surface area (Å²) in [6.07, 6.45) is 4.25. The van der Waals surface area contributed by atoms with Crippen LogP contribution in [0.15, 0.2) is 85.2 Å². The minimum atomic E-state index is -0.188. The van der Waals surface area contributed by atoms with E-state index in [4.69, 9.17) is 0 Å². The van der Waals surface area contributed by atoms with Crippen molar-refractivity contribution in [3.63, 3.8) is 0 Å². The van der Waals surface area contributed by atoms with Crippen molar-refractivity contribution in [2.24, 2.45) is 0 Å². The summed E-state index contributed by atoms with van der Waals surface area (Å²) in [4.78, 5) is 21.4. The summed E-state index contributed by atoms with van der Waals surface area (Å²) < 4.78 is 0. The van der Waals surface area contributed by atoms with Gasteiger partial charge in [0.25, 0.3) is 5.91 Å². The lowest BCUT2D eigenvalue weighted by molar-refractivity contribution is 0.102. The van der Waals surface area contributed by atoms with E-state index in [1.54, 1.807) is 24.5 Å². The van der Waals surface area contributed by atoms with Crippen molar-refractivity contribution < 1.29 is 4.79 Å². The van der Waals surface area contributed by atoms with Crippen molar-refractivity contribution >= 4 is 28.3 Å². The van der Waals surface area contributed by atoms with Crippen LogP contribution in [-0.2, 0) is 6.42 Å². The molecule has 0 spiro atoms. The van der Waals surface area contributed by atoms with Gasteiger partial charge in [-0.25, -0.2) is 4.98 Å². The molecule has 0 fully saturated rings. The lowest BCUT2D eigenvalue weighted by Gasteiger charge is -2.10. The quantitative estimate of drug-likeness (QED) is 0.524. The van der Waals surface area contributed by atoms with Crippen molar-refractivity contribution in [2.45, 2.75) is 6.42 Å². The maximum absolute atomic E-state index is 12.7. The van der Waals surface area contributed by atoms with E-state index in [2.05, 4.69) is 32.7 Å². The number of nitrogens with one attached hydrogen (secondary N) is 2. The van der Waals surface area contributed by atoms with E-state index in [1.165, 1.54) is 5.56 Å². The van der Waals surface area contributed by atoms with Gasteiger partial charge in [-0.05, 0) is 36.2 Å². The molecule has 0 saturated heterocycles. The third-order valence-corrected chi connectivity index (χ3v) is 4.47. The normalized spacial score (nSPS) is 10.6. The van der Waals surface area contributed by atoms with Crippen LogP contribution in [0.1, 0.15) is 15.9 Å². The van der Waals surface area contributed by atoms with Crippen LogP contribution in [0.25, 0.3) is 10.9 Å². The van der Waals surface area contributed by atoms with Gasteiger partial charge in [-0.2, -0.15) is 0 Å². The molecule has 0 radical (unpaired) electrons. The molecule has 0 saturated carbocycles. The van der Waals surface area contributed by atoms with E-state index in [1.807, 2.05) is 48.5 Å². The van der Waals surface area contributed by atoms with Crippen LogP contribution in [0.4, 0.5) is 11.5 Å². The number of aromatic nitrogens is 2. The first-order valence-corrected chi connectivity index (χ1v) is 9.18. The van der Waals surface area contributed by atoms with Gasteiger partial charge in [0.1, 0.15) is 5.82 Å². The molecule has 5 heteroatoms. The van der Waals surface area contributed by atoms with Crippen LogP contribution in [0.2, 0.25) is 0 Å². The van der Waals surface area contributed by atoms with Gasteiger partial charge in [0, 0.05) is 29.9 Å². The number of benzene rings is 2. The number of fused-ring (bicyclic) bond motifs is 1. The Morgan fingerprint density at radius 3 is 2.61 bits per heavy atom. The second-order valence-corrected chi connectivity index (χ2v) is 6.43. The molecule has 0 bridgehead atoms. The predicted octanol–water partition coefficient (Wildman–Crippen LogP) is 4.54. The molecule has 2 aromatic heterocycles. The monoisotopic (exact) mass is 368 g/mol. The van der Waals surface area contributed by atoms with E-state index in [9.17, 15) is 4.79 Å². The van der Waals surface area contributed by atoms with Crippen LogP contribution in [0, 0.1) is 0 Å². The van der Waals surface area contributed by atoms with E-state index in [0.29, 0.717) is 17.1 Å². The number of nitrogens with zero attached hydrogens (tertiary/aromatic N) is 2. The number of anilines is 2. The molecule has 0 aliphatic rings. The fourth-order valence-electron chi connectivity index (χ4n) is 3.05. The van der Waals surface area contributed by atoms with Crippen molar-refractivity contribution in [3.8, 4) is 0 Å². The average molecular weight is 368 g/mol. The highest BCUT2D eigenvalue weighted by Crippen LogP contribution is 2.21. The van der Waals surface area contributed by atoms with E-state index in [0.717, 1.165) is 23.9 Å². The van der Waals surface area contributed by atoms with Crippen LogP contribution in [0.3, 0.4) is 0 Å². The summed E-state index contributed by atoms with van der Waals surface area (Å²) in [5.74, 6) is 0.492. The summed E-state index contributed by atoms with van der Waals surface area (Å²) in [6.45, 7) is 0.745. The molecule has 4 aromatic rings. The molecule has 5 nitrogen and oxygen atoms in total. The fourth-order valence-corrected chi connectivity index (χ4v) is 3.05. The summed E-state index contributed by atoms with van der Waals surface area (Å²) in [5.41, 5.74) is 3.27. The first-order chi connectivity index (χ1) is 13.8. The Hall–Kier alpha value is -3.73. The molecule has 1 amide bonds. The third kappa shape index (κ3) is 4.15.